The smallest absolute Gasteiger partial charge is 0.220 e. The summed E-state index contributed by atoms with van der Waals surface area (Å²) in [5.74, 6) is -0.283. The van der Waals surface area contributed by atoms with Crippen LogP contribution in [0.25, 0.3) is 0 Å². The second-order valence-electron chi connectivity index (χ2n) is 34.2. The van der Waals surface area contributed by atoms with Crippen LogP contribution in [0.15, 0.2) is 72.9 Å². The largest absolute Gasteiger partial charge is 0.394 e. The first-order valence-corrected chi connectivity index (χ1v) is 48.2. The van der Waals surface area contributed by atoms with E-state index >= 15 is 0 Å². The number of hydrogen-bond donors (Lipinski definition) is 12. The van der Waals surface area contributed by atoms with E-state index in [-0.39, 0.29) is 18.9 Å². The monoisotopic (exact) mass is 1640 g/mol. The highest BCUT2D eigenvalue weighted by atomic mass is 16.8. The Balaban J connectivity index is 1.30. The zero-order chi connectivity index (χ0) is 83.8. The van der Waals surface area contributed by atoms with Crippen molar-refractivity contribution in [3.8, 4) is 0 Å². The van der Waals surface area contributed by atoms with Crippen LogP contribution in [0.1, 0.15) is 406 Å². The second kappa shape index (κ2) is 75.9. The molecule has 12 N–H and O–H groups in total. The molecule has 0 aliphatic carbocycles. The lowest BCUT2D eigenvalue weighted by molar-refractivity contribution is -0.379. The van der Waals surface area contributed by atoms with E-state index in [1.54, 1.807) is 6.08 Å². The lowest BCUT2D eigenvalue weighted by Crippen LogP contribution is -2.66. The van der Waals surface area contributed by atoms with E-state index < -0.39 is 124 Å². The number of aliphatic hydroxyl groups is 11. The topological polar surface area (TPSA) is 307 Å². The highest BCUT2D eigenvalue weighted by molar-refractivity contribution is 5.76. The quantitative estimate of drug-likeness (QED) is 0.0199. The molecular formula is C97H177NO18. The fourth-order valence-electron chi connectivity index (χ4n) is 16.1. The number of ether oxygens (including phenoxy) is 6. The molecule has 3 rings (SSSR count). The summed E-state index contributed by atoms with van der Waals surface area (Å²) in [7, 11) is 0. The van der Waals surface area contributed by atoms with Gasteiger partial charge in [0.15, 0.2) is 18.9 Å². The van der Waals surface area contributed by atoms with Crippen LogP contribution < -0.4 is 5.32 Å². The highest BCUT2D eigenvalue weighted by Gasteiger charge is 2.54. The third kappa shape index (κ3) is 53.3. The highest BCUT2D eigenvalue weighted by Crippen LogP contribution is 2.34. The number of amides is 1. The van der Waals surface area contributed by atoms with Gasteiger partial charge in [0, 0.05) is 6.42 Å². The van der Waals surface area contributed by atoms with Crippen molar-refractivity contribution in [2.45, 2.75) is 510 Å². The summed E-state index contributed by atoms with van der Waals surface area (Å²) in [6.07, 6.45) is 76.6. The summed E-state index contributed by atoms with van der Waals surface area (Å²) < 4.78 is 34.5. The van der Waals surface area contributed by atoms with Crippen LogP contribution in [-0.4, -0.2) is 193 Å². The molecule has 19 nitrogen and oxygen atoms in total. The van der Waals surface area contributed by atoms with Gasteiger partial charge in [0.1, 0.15) is 73.2 Å². The molecule has 116 heavy (non-hydrogen) atoms. The molecule has 3 fully saturated rings. The van der Waals surface area contributed by atoms with E-state index in [0.29, 0.717) is 12.8 Å². The van der Waals surface area contributed by atoms with Crippen LogP contribution in [-0.2, 0) is 33.2 Å². The lowest BCUT2D eigenvalue weighted by atomic mass is 9.96. The van der Waals surface area contributed by atoms with Crippen LogP contribution in [0, 0.1) is 0 Å². The van der Waals surface area contributed by atoms with Gasteiger partial charge in [-0.3, -0.25) is 4.79 Å². The minimum absolute atomic E-state index is 0.234. The molecule has 0 aromatic heterocycles. The Bertz CT molecular complexity index is 2370. The Morgan fingerprint density at radius 2 is 0.578 bits per heavy atom. The van der Waals surface area contributed by atoms with Crippen molar-refractivity contribution in [1.82, 2.24) is 5.32 Å². The zero-order valence-electron chi connectivity index (χ0n) is 73.5. The molecular weight excluding hydrogens is 1470 g/mol. The first-order valence-electron chi connectivity index (χ1n) is 48.2. The zero-order valence-corrected chi connectivity index (χ0v) is 73.5. The molecule has 0 aromatic carbocycles. The molecule has 0 bridgehead atoms. The number of allylic oxidation sites excluding steroid dienone is 11. The summed E-state index contributed by atoms with van der Waals surface area (Å²) in [5, 5.41) is 121. The predicted octanol–water partition coefficient (Wildman–Crippen LogP) is 19.5. The summed E-state index contributed by atoms with van der Waals surface area (Å²) in [5.41, 5.74) is 0. The average Bonchev–Trinajstić information content (AvgIpc) is 0.783. The van der Waals surface area contributed by atoms with Crippen molar-refractivity contribution in [3.63, 3.8) is 0 Å². The van der Waals surface area contributed by atoms with Gasteiger partial charge in [-0.05, 0) is 83.5 Å². The number of unbranched alkanes of at least 4 members (excludes halogenated alkanes) is 53. The lowest BCUT2D eigenvalue weighted by Gasteiger charge is -2.48. The van der Waals surface area contributed by atoms with Gasteiger partial charge < -0.3 is 89.9 Å². The minimum atomic E-state index is -1.99. The van der Waals surface area contributed by atoms with Crippen molar-refractivity contribution >= 4 is 5.91 Å². The minimum Gasteiger partial charge on any atom is -0.394 e. The second-order valence-corrected chi connectivity index (χ2v) is 34.2. The van der Waals surface area contributed by atoms with E-state index in [2.05, 4.69) is 79.9 Å². The predicted molar refractivity (Wildman–Crippen MR) is 471 cm³/mol. The Hall–Kier alpha value is -2.77. The van der Waals surface area contributed by atoms with Gasteiger partial charge in [0.05, 0.1) is 38.6 Å². The normalized spacial score (nSPS) is 24.8. The molecule has 1 amide bonds. The molecule has 19 heteroatoms. The molecule has 3 aliphatic rings. The molecule has 3 saturated heterocycles. The van der Waals surface area contributed by atoms with E-state index in [4.69, 9.17) is 28.4 Å². The van der Waals surface area contributed by atoms with Crippen LogP contribution in [0.2, 0.25) is 0 Å². The molecule has 3 heterocycles. The van der Waals surface area contributed by atoms with Gasteiger partial charge >= 0.3 is 0 Å². The molecule has 17 atom stereocenters. The van der Waals surface area contributed by atoms with E-state index in [0.717, 1.165) is 57.8 Å². The first-order chi connectivity index (χ1) is 56.8. The molecule has 3 aliphatic heterocycles. The maximum atomic E-state index is 13.5. The van der Waals surface area contributed by atoms with E-state index in [1.165, 1.54) is 315 Å². The van der Waals surface area contributed by atoms with E-state index in [1.807, 2.05) is 6.08 Å². The van der Waals surface area contributed by atoms with Gasteiger partial charge in [-0.25, -0.2) is 0 Å². The summed E-state index contributed by atoms with van der Waals surface area (Å²) >= 11 is 0. The summed E-state index contributed by atoms with van der Waals surface area (Å²) in [4.78, 5) is 13.5. The first kappa shape index (κ1) is 107. The third-order valence-electron chi connectivity index (χ3n) is 23.7. The number of nitrogens with one attached hydrogen (secondary N) is 1. The Morgan fingerprint density at radius 1 is 0.310 bits per heavy atom. The Kier molecular flexibility index (Phi) is 70.3. The van der Waals surface area contributed by atoms with Crippen molar-refractivity contribution < 1.29 is 89.4 Å². The van der Waals surface area contributed by atoms with Gasteiger partial charge in [-0.15, -0.1) is 0 Å². The summed E-state index contributed by atoms with van der Waals surface area (Å²) in [6.45, 7) is 1.76. The Morgan fingerprint density at radius 3 is 0.922 bits per heavy atom. The molecule has 0 aromatic rings. The fraction of sp³-hybridized carbons (Fsp3) is 0.866. The number of rotatable bonds is 79. The SMILES string of the molecule is CCCCCCC/C=C\C/C=C\C/C=C\CCCCCCCCCCCCCCCCCCCCCCCCCCCCC(=O)NC(COC1OC(CO)C(OC2OC(CO)C(OC3OC(CO)C(O)C(O)C3O)C(O)C2O)C(O)C1O)C(O)/C=C/CC/C=C/CC/C=C/CCCCCCCCCCCCCCCCCCCCCC. The molecule has 0 spiro atoms. The third-order valence-corrected chi connectivity index (χ3v) is 23.7. The number of carbonyl (C=O) groups is 1. The van der Waals surface area contributed by atoms with Crippen molar-refractivity contribution in [2.75, 3.05) is 26.4 Å². The van der Waals surface area contributed by atoms with Gasteiger partial charge in [0.2, 0.25) is 5.91 Å². The van der Waals surface area contributed by atoms with Crippen molar-refractivity contribution in [3.05, 3.63) is 72.9 Å². The van der Waals surface area contributed by atoms with Crippen LogP contribution in [0.3, 0.4) is 0 Å². The number of carbonyl (C=O) groups excluding carboxylic acids is 1. The maximum Gasteiger partial charge on any atom is 0.220 e. The van der Waals surface area contributed by atoms with Gasteiger partial charge in [0.25, 0.3) is 0 Å². The maximum absolute atomic E-state index is 13.5. The number of aliphatic hydroxyl groups excluding tert-OH is 11. The fourth-order valence-corrected chi connectivity index (χ4v) is 16.1. The van der Waals surface area contributed by atoms with Gasteiger partial charge in [-0.2, -0.15) is 0 Å². The molecule has 0 radical (unpaired) electrons. The van der Waals surface area contributed by atoms with Crippen LogP contribution in [0.5, 0.6) is 0 Å². The standard InChI is InChI=1S/C97H177NO18/c1-3-5-7-9-11-13-15-17-19-21-23-25-27-29-31-33-35-36-37-38-39-40-41-42-43-44-45-47-49-51-53-55-57-59-61-63-65-67-69-71-73-75-85(103)98-80(81(102)74-72-70-68-66-64-62-60-58-56-54-52-50-48-46-34-32-30-28-26-24-22-20-18-16-14-12-10-8-6-4-2)79-111-95-91(109)88(106)93(83(77-100)113-95)116-97-92(110)89(107)94(84(78-101)114-97)115-96-90(108)87(105)86(104)82(76-99)112-96/h15,17,21,23,27,29,56,58,64,66,72,74,80-84,86-97,99-102,104-110H,3-14,16,18-20,22,24-26,28,30-55,57,59-63,65,67-71,73,75-79H2,1-2H3,(H,98,103)/b17-15-,23-21-,29-27-,58-56+,66-64+,74-72+. The molecule has 0 saturated carbocycles. The van der Waals surface area contributed by atoms with Crippen molar-refractivity contribution in [2.24, 2.45) is 0 Å². The van der Waals surface area contributed by atoms with E-state index in [9.17, 15) is 61.0 Å². The van der Waals surface area contributed by atoms with Crippen molar-refractivity contribution in [1.29, 1.82) is 0 Å². The van der Waals surface area contributed by atoms with Crippen LogP contribution >= 0.6 is 0 Å². The average molecular weight is 1650 g/mol. The number of hydrogen-bond acceptors (Lipinski definition) is 18. The summed E-state index contributed by atoms with van der Waals surface area (Å²) in [6, 6.07) is -1.00. The Labute approximate surface area is 706 Å². The molecule has 17 unspecified atom stereocenters. The van der Waals surface area contributed by atoms with Gasteiger partial charge in [-0.1, -0.05) is 389 Å². The molecule has 678 valence electrons. The van der Waals surface area contributed by atoms with Crippen LogP contribution in [0.4, 0.5) is 0 Å².